The summed E-state index contributed by atoms with van der Waals surface area (Å²) in [5.41, 5.74) is 6.82. The summed E-state index contributed by atoms with van der Waals surface area (Å²) in [6.45, 7) is 0. The van der Waals surface area contributed by atoms with Crippen molar-refractivity contribution in [2.24, 2.45) is 5.73 Å². The standard InChI is InChI=1S/C15H10N6O2/c16-7-9-1-6-12(18-8-9)23-11-4-2-10(3-5-11)13-14(15(17)22)20-21-19-13/h1-6,8H,(H2,17,22)(H,19,20,21). The van der Waals surface area contributed by atoms with E-state index in [2.05, 4.69) is 20.4 Å². The third kappa shape index (κ3) is 2.98. The Morgan fingerprint density at radius 2 is 1.96 bits per heavy atom. The summed E-state index contributed by atoms with van der Waals surface area (Å²) >= 11 is 0. The number of pyridine rings is 1. The van der Waals surface area contributed by atoms with E-state index < -0.39 is 5.91 Å². The van der Waals surface area contributed by atoms with Crippen LogP contribution in [0.5, 0.6) is 11.6 Å². The lowest BCUT2D eigenvalue weighted by atomic mass is 10.1. The fourth-order valence-electron chi connectivity index (χ4n) is 1.91. The fraction of sp³-hybridized carbons (Fsp3) is 0. The molecule has 3 aromatic rings. The number of nitriles is 1. The van der Waals surface area contributed by atoms with Crippen molar-refractivity contribution in [1.82, 2.24) is 20.4 Å². The van der Waals surface area contributed by atoms with E-state index in [1.54, 1.807) is 36.4 Å². The van der Waals surface area contributed by atoms with Crippen LogP contribution in [0.3, 0.4) is 0 Å². The molecule has 0 saturated heterocycles. The summed E-state index contributed by atoms with van der Waals surface area (Å²) in [6.07, 6.45) is 1.43. The van der Waals surface area contributed by atoms with Crippen molar-refractivity contribution in [2.45, 2.75) is 0 Å². The SMILES string of the molecule is N#Cc1ccc(Oc2ccc(-c3n[nH]nc3C(N)=O)cc2)nc1. The van der Waals surface area contributed by atoms with Crippen LogP contribution < -0.4 is 10.5 Å². The molecule has 0 aliphatic rings. The number of hydrogen-bond donors (Lipinski definition) is 2. The summed E-state index contributed by atoms with van der Waals surface area (Å²) < 4.78 is 5.57. The lowest BCUT2D eigenvalue weighted by Gasteiger charge is -2.05. The van der Waals surface area contributed by atoms with E-state index >= 15 is 0 Å². The molecule has 3 rings (SSSR count). The normalized spacial score (nSPS) is 10.0. The van der Waals surface area contributed by atoms with Crippen LogP contribution in [0.2, 0.25) is 0 Å². The highest BCUT2D eigenvalue weighted by atomic mass is 16.5. The molecule has 1 amide bonds. The number of carbonyl (C=O) groups is 1. The number of nitrogens with zero attached hydrogens (tertiary/aromatic N) is 4. The van der Waals surface area contributed by atoms with Crippen molar-refractivity contribution in [2.75, 3.05) is 0 Å². The molecule has 23 heavy (non-hydrogen) atoms. The Balaban J connectivity index is 1.80. The number of primary amides is 1. The molecule has 112 valence electrons. The Hall–Kier alpha value is -3.73. The quantitative estimate of drug-likeness (QED) is 0.753. The molecule has 0 radical (unpaired) electrons. The van der Waals surface area contributed by atoms with E-state index in [0.717, 1.165) is 0 Å². The van der Waals surface area contributed by atoms with Gasteiger partial charge in [-0.05, 0) is 30.3 Å². The molecule has 0 atom stereocenters. The van der Waals surface area contributed by atoms with Gasteiger partial charge in [-0.2, -0.15) is 20.7 Å². The van der Waals surface area contributed by atoms with Gasteiger partial charge in [-0.25, -0.2) is 4.98 Å². The molecule has 1 aromatic carbocycles. The third-order valence-corrected chi connectivity index (χ3v) is 3.00. The second-order valence-corrected chi connectivity index (χ2v) is 4.51. The molecule has 0 unspecified atom stereocenters. The minimum absolute atomic E-state index is 0.0763. The number of amides is 1. The number of aromatic nitrogens is 4. The summed E-state index contributed by atoms with van der Waals surface area (Å²) in [5.74, 6) is 0.266. The molecule has 0 aliphatic heterocycles. The maximum absolute atomic E-state index is 11.3. The van der Waals surface area contributed by atoms with Crippen molar-refractivity contribution in [3.05, 3.63) is 53.9 Å². The molecule has 3 N–H and O–H groups in total. The molecule has 0 spiro atoms. The lowest BCUT2D eigenvalue weighted by molar-refractivity contribution is 0.0996. The molecule has 2 aromatic heterocycles. The first-order valence-corrected chi connectivity index (χ1v) is 6.52. The van der Waals surface area contributed by atoms with Gasteiger partial charge in [-0.1, -0.05) is 0 Å². The zero-order valence-electron chi connectivity index (χ0n) is 11.7. The average Bonchev–Trinajstić information content (AvgIpc) is 3.06. The average molecular weight is 306 g/mol. The van der Waals surface area contributed by atoms with Crippen molar-refractivity contribution in [3.63, 3.8) is 0 Å². The zero-order chi connectivity index (χ0) is 16.2. The van der Waals surface area contributed by atoms with Gasteiger partial charge in [0.15, 0.2) is 5.69 Å². The van der Waals surface area contributed by atoms with Crippen LogP contribution in [0.4, 0.5) is 0 Å². The predicted molar refractivity (Wildman–Crippen MR) is 79.4 cm³/mol. The monoisotopic (exact) mass is 306 g/mol. The summed E-state index contributed by atoms with van der Waals surface area (Å²) in [7, 11) is 0. The summed E-state index contributed by atoms with van der Waals surface area (Å²) in [6, 6.07) is 12.1. The zero-order valence-corrected chi connectivity index (χ0v) is 11.7. The summed E-state index contributed by atoms with van der Waals surface area (Å²) in [4.78, 5) is 15.3. The first-order valence-electron chi connectivity index (χ1n) is 6.52. The Morgan fingerprint density at radius 3 is 2.57 bits per heavy atom. The van der Waals surface area contributed by atoms with Crippen LogP contribution in [0.15, 0.2) is 42.6 Å². The number of H-pyrrole nitrogens is 1. The van der Waals surface area contributed by atoms with Crippen molar-refractivity contribution < 1.29 is 9.53 Å². The molecule has 0 saturated carbocycles. The second-order valence-electron chi connectivity index (χ2n) is 4.51. The smallest absolute Gasteiger partial charge is 0.271 e. The van der Waals surface area contributed by atoms with E-state index in [4.69, 9.17) is 15.7 Å². The number of hydrogen-bond acceptors (Lipinski definition) is 6. The lowest BCUT2D eigenvalue weighted by Crippen LogP contribution is -2.12. The van der Waals surface area contributed by atoms with E-state index in [-0.39, 0.29) is 5.69 Å². The third-order valence-electron chi connectivity index (χ3n) is 3.00. The minimum atomic E-state index is -0.657. The summed E-state index contributed by atoms with van der Waals surface area (Å²) in [5, 5.41) is 18.7. The minimum Gasteiger partial charge on any atom is -0.439 e. The Bertz CT molecular complexity index is 878. The van der Waals surface area contributed by atoms with Crippen LogP contribution in [0.25, 0.3) is 11.3 Å². The first-order chi connectivity index (χ1) is 11.2. The molecule has 0 aliphatic carbocycles. The van der Waals surface area contributed by atoms with Gasteiger partial charge in [-0.3, -0.25) is 4.79 Å². The predicted octanol–water partition coefficient (Wildman–Crippen LogP) is 1.63. The molecule has 8 heteroatoms. The van der Waals surface area contributed by atoms with Gasteiger partial charge in [-0.15, -0.1) is 0 Å². The van der Waals surface area contributed by atoms with E-state index in [9.17, 15) is 4.79 Å². The Morgan fingerprint density at radius 1 is 1.17 bits per heavy atom. The number of carbonyl (C=O) groups excluding carboxylic acids is 1. The Labute approximate surface area is 130 Å². The van der Waals surface area contributed by atoms with Gasteiger partial charge in [0.2, 0.25) is 5.88 Å². The topological polar surface area (TPSA) is 131 Å². The largest absolute Gasteiger partial charge is 0.439 e. The van der Waals surface area contributed by atoms with E-state index in [0.29, 0.717) is 28.5 Å². The number of ether oxygens (including phenoxy) is 1. The molecule has 0 fully saturated rings. The van der Waals surface area contributed by atoms with Crippen LogP contribution >= 0.6 is 0 Å². The van der Waals surface area contributed by atoms with Gasteiger partial charge in [0.05, 0.1) is 5.56 Å². The van der Waals surface area contributed by atoms with Crippen LogP contribution in [0.1, 0.15) is 16.1 Å². The molecule has 8 nitrogen and oxygen atoms in total. The second kappa shape index (κ2) is 5.95. The van der Waals surface area contributed by atoms with Gasteiger partial charge < -0.3 is 10.5 Å². The highest BCUT2D eigenvalue weighted by molar-refractivity contribution is 5.96. The van der Waals surface area contributed by atoms with Gasteiger partial charge in [0, 0.05) is 17.8 Å². The number of nitrogens with two attached hydrogens (primary N) is 1. The number of benzene rings is 1. The van der Waals surface area contributed by atoms with Crippen molar-refractivity contribution in [1.29, 1.82) is 5.26 Å². The highest BCUT2D eigenvalue weighted by Crippen LogP contribution is 2.25. The van der Waals surface area contributed by atoms with Gasteiger partial charge in [0.1, 0.15) is 17.5 Å². The van der Waals surface area contributed by atoms with Crippen LogP contribution in [-0.4, -0.2) is 26.3 Å². The van der Waals surface area contributed by atoms with E-state index in [1.807, 2.05) is 6.07 Å². The molecule has 2 heterocycles. The van der Waals surface area contributed by atoms with Crippen LogP contribution in [0, 0.1) is 11.3 Å². The van der Waals surface area contributed by atoms with Crippen LogP contribution in [-0.2, 0) is 0 Å². The fourth-order valence-corrected chi connectivity index (χ4v) is 1.91. The Kier molecular flexibility index (Phi) is 3.68. The van der Waals surface area contributed by atoms with Crippen molar-refractivity contribution in [3.8, 4) is 29.0 Å². The molecular weight excluding hydrogens is 296 g/mol. The first kappa shape index (κ1) is 14.2. The maximum Gasteiger partial charge on any atom is 0.271 e. The molecule has 0 bridgehead atoms. The number of aromatic amines is 1. The maximum atomic E-state index is 11.3. The van der Waals surface area contributed by atoms with Crippen molar-refractivity contribution >= 4 is 5.91 Å². The van der Waals surface area contributed by atoms with Gasteiger partial charge >= 0.3 is 0 Å². The number of rotatable bonds is 4. The highest BCUT2D eigenvalue weighted by Gasteiger charge is 2.15. The van der Waals surface area contributed by atoms with E-state index in [1.165, 1.54) is 6.20 Å². The van der Waals surface area contributed by atoms with Gasteiger partial charge in [0.25, 0.3) is 5.91 Å². The molecular formula is C15H10N6O2. The number of nitrogens with one attached hydrogen (secondary N) is 1.